The molecule has 0 bridgehead atoms. The summed E-state index contributed by atoms with van der Waals surface area (Å²) in [4.78, 5) is 22.2. The zero-order valence-corrected chi connectivity index (χ0v) is 11.7. The number of aromatic nitrogens is 2. The number of pyridine rings is 2. The highest BCUT2D eigenvalue weighted by Gasteiger charge is 2.25. The third kappa shape index (κ3) is 2.66. The average Bonchev–Trinajstić information content (AvgIpc) is 2.85. The number of fused-ring (bicyclic) bond motifs is 1. The van der Waals surface area contributed by atoms with E-state index in [9.17, 15) is 9.90 Å². The Balaban J connectivity index is 0.00000147. The highest BCUT2D eigenvalue weighted by atomic mass is 79.9. The number of amides is 1. The number of rotatable bonds is 1. The second-order valence-electron chi connectivity index (χ2n) is 4.61. The molecular weight excluding hydrogens is 322 g/mol. The van der Waals surface area contributed by atoms with E-state index in [1.54, 1.807) is 29.6 Å². The Kier molecular flexibility index (Phi) is 4.35. The van der Waals surface area contributed by atoms with E-state index in [-0.39, 0.29) is 13.3 Å². The van der Waals surface area contributed by atoms with Crippen molar-refractivity contribution in [2.75, 3.05) is 13.1 Å². The molecule has 0 aliphatic carbocycles. The molecule has 1 saturated heterocycles. The summed E-state index contributed by atoms with van der Waals surface area (Å²) >= 11 is 3.41. The van der Waals surface area contributed by atoms with Crippen LogP contribution in [0.25, 0.3) is 10.9 Å². The number of aliphatic hydroxyl groups is 1. The van der Waals surface area contributed by atoms with Crippen molar-refractivity contribution >= 4 is 32.7 Å². The van der Waals surface area contributed by atoms with E-state index < -0.39 is 6.10 Å². The van der Waals surface area contributed by atoms with Crippen LogP contribution in [0.15, 0.2) is 29.1 Å². The highest BCUT2D eigenvalue weighted by Crippen LogP contribution is 2.23. The molecule has 0 aromatic carbocycles. The molecule has 0 saturated carbocycles. The monoisotopic (exact) mass is 337 g/mol. The molecule has 3 heterocycles. The fourth-order valence-corrected chi connectivity index (χ4v) is 2.67. The smallest absolute Gasteiger partial charge is 0.255 e. The van der Waals surface area contributed by atoms with Crippen LogP contribution in [0.5, 0.6) is 0 Å². The van der Waals surface area contributed by atoms with Crippen molar-refractivity contribution in [2.45, 2.75) is 20.0 Å². The normalized spacial score (nSPS) is 18.1. The summed E-state index contributed by atoms with van der Waals surface area (Å²) in [5, 5.41) is 10.3. The summed E-state index contributed by atoms with van der Waals surface area (Å²) in [6, 6.07) is 1.81. The molecule has 1 aliphatic heterocycles. The predicted molar refractivity (Wildman–Crippen MR) is 80.5 cm³/mol. The summed E-state index contributed by atoms with van der Waals surface area (Å²) in [7, 11) is 0. The molecule has 5 nitrogen and oxygen atoms in total. The first-order chi connectivity index (χ1) is 9.15. The molecule has 1 unspecified atom stereocenters. The van der Waals surface area contributed by atoms with Gasteiger partial charge in [0, 0.05) is 35.3 Å². The van der Waals surface area contributed by atoms with E-state index in [1.165, 1.54) is 0 Å². The minimum atomic E-state index is -0.409. The minimum Gasteiger partial charge on any atom is -0.391 e. The summed E-state index contributed by atoms with van der Waals surface area (Å²) in [6.45, 7) is 0.990. The van der Waals surface area contributed by atoms with Gasteiger partial charge >= 0.3 is 0 Å². The van der Waals surface area contributed by atoms with Crippen LogP contribution in [0.1, 0.15) is 24.2 Å². The third-order valence-electron chi connectivity index (χ3n) is 3.26. The zero-order chi connectivity index (χ0) is 13.4. The lowest BCUT2D eigenvalue weighted by Crippen LogP contribution is -2.29. The van der Waals surface area contributed by atoms with Gasteiger partial charge in [0.15, 0.2) is 0 Å². The van der Waals surface area contributed by atoms with E-state index in [0.29, 0.717) is 25.1 Å². The Hall–Kier alpha value is -1.53. The van der Waals surface area contributed by atoms with Crippen LogP contribution in [0, 0.1) is 0 Å². The number of carbonyl (C=O) groups is 1. The van der Waals surface area contributed by atoms with Gasteiger partial charge in [0.05, 0.1) is 23.4 Å². The molecule has 1 amide bonds. The average molecular weight is 338 g/mol. The zero-order valence-electron chi connectivity index (χ0n) is 10.1. The Morgan fingerprint density at radius 1 is 1.40 bits per heavy atom. The van der Waals surface area contributed by atoms with Crippen molar-refractivity contribution in [2.24, 2.45) is 0 Å². The van der Waals surface area contributed by atoms with Crippen molar-refractivity contribution in [1.29, 1.82) is 0 Å². The molecule has 0 spiro atoms. The molecule has 0 radical (unpaired) electrons. The van der Waals surface area contributed by atoms with Crippen molar-refractivity contribution in [1.82, 2.24) is 14.9 Å². The Bertz CT molecular complexity index is 647. The van der Waals surface area contributed by atoms with Crippen molar-refractivity contribution in [3.63, 3.8) is 0 Å². The second kappa shape index (κ2) is 5.85. The lowest BCUT2D eigenvalue weighted by Gasteiger charge is -2.15. The van der Waals surface area contributed by atoms with E-state index >= 15 is 0 Å². The maximum absolute atomic E-state index is 12.3. The quantitative estimate of drug-likeness (QED) is 0.866. The number of hydrogen-bond acceptors (Lipinski definition) is 4. The molecular formula is C14H16BrN3O2. The van der Waals surface area contributed by atoms with Crippen LogP contribution >= 0.6 is 15.9 Å². The predicted octanol–water partition coefficient (Wildman–Crippen LogP) is 2.24. The number of carbonyl (C=O) groups excluding carboxylic acids is 1. The minimum absolute atomic E-state index is 0. The number of nitrogens with zero attached hydrogens (tertiary/aromatic N) is 3. The summed E-state index contributed by atoms with van der Waals surface area (Å²) in [5.74, 6) is -0.0883. The fourth-order valence-electron chi connectivity index (χ4n) is 2.24. The Morgan fingerprint density at radius 2 is 2.20 bits per heavy atom. The standard InChI is InChI=1S/C13H12BrN3O2.CH4/c14-11-5-15-6-12-10(11)3-8(4-16-12)13(19)17-2-1-9(18)7-17;/h3-6,9,18H,1-2,7H2;1H4. The van der Waals surface area contributed by atoms with Gasteiger partial charge in [-0.2, -0.15) is 0 Å². The SMILES string of the molecule is C.O=C(c1cnc2cncc(Br)c2c1)N1CCC(O)C1. The van der Waals surface area contributed by atoms with Crippen LogP contribution in [0.3, 0.4) is 0 Å². The maximum Gasteiger partial charge on any atom is 0.255 e. The Labute approximate surface area is 125 Å². The third-order valence-corrected chi connectivity index (χ3v) is 3.89. The van der Waals surface area contributed by atoms with Crippen LogP contribution in [-0.4, -0.2) is 45.1 Å². The summed E-state index contributed by atoms with van der Waals surface area (Å²) in [6.07, 6.45) is 5.13. The molecule has 1 atom stereocenters. The molecule has 2 aromatic rings. The maximum atomic E-state index is 12.3. The summed E-state index contributed by atoms with van der Waals surface area (Å²) < 4.78 is 0.814. The number of aliphatic hydroxyl groups excluding tert-OH is 1. The molecule has 1 aliphatic rings. The van der Waals surface area contributed by atoms with Gasteiger partial charge in [-0.1, -0.05) is 7.43 Å². The summed E-state index contributed by atoms with van der Waals surface area (Å²) in [5.41, 5.74) is 1.28. The van der Waals surface area contributed by atoms with E-state index in [2.05, 4.69) is 25.9 Å². The van der Waals surface area contributed by atoms with Crippen LogP contribution in [-0.2, 0) is 0 Å². The fraction of sp³-hybridized carbons (Fsp3) is 0.357. The second-order valence-corrected chi connectivity index (χ2v) is 5.46. The molecule has 1 N–H and O–H groups in total. The number of hydrogen-bond donors (Lipinski definition) is 1. The van der Waals surface area contributed by atoms with Crippen molar-refractivity contribution in [3.05, 3.63) is 34.7 Å². The van der Waals surface area contributed by atoms with Crippen molar-refractivity contribution < 1.29 is 9.90 Å². The highest BCUT2D eigenvalue weighted by molar-refractivity contribution is 9.10. The van der Waals surface area contributed by atoms with Gasteiger partial charge in [-0.3, -0.25) is 14.8 Å². The van der Waals surface area contributed by atoms with Gasteiger partial charge in [0.2, 0.25) is 0 Å². The Morgan fingerprint density at radius 3 is 2.90 bits per heavy atom. The van der Waals surface area contributed by atoms with Crippen LogP contribution < -0.4 is 0 Å². The van der Waals surface area contributed by atoms with Gasteiger partial charge in [-0.15, -0.1) is 0 Å². The van der Waals surface area contributed by atoms with Gasteiger partial charge < -0.3 is 10.0 Å². The lowest BCUT2D eigenvalue weighted by molar-refractivity contribution is 0.0765. The molecule has 20 heavy (non-hydrogen) atoms. The first kappa shape index (κ1) is 14.9. The van der Waals surface area contributed by atoms with E-state index in [4.69, 9.17) is 0 Å². The number of halogens is 1. The van der Waals surface area contributed by atoms with Crippen LogP contribution in [0.2, 0.25) is 0 Å². The van der Waals surface area contributed by atoms with Gasteiger partial charge in [0.1, 0.15) is 0 Å². The molecule has 1 fully saturated rings. The molecule has 3 rings (SSSR count). The van der Waals surface area contributed by atoms with Crippen molar-refractivity contribution in [3.8, 4) is 0 Å². The molecule has 106 valence electrons. The van der Waals surface area contributed by atoms with Crippen LogP contribution in [0.4, 0.5) is 0 Å². The first-order valence-corrected chi connectivity index (χ1v) is 6.81. The van der Waals surface area contributed by atoms with Gasteiger partial charge in [0.25, 0.3) is 5.91 Å². The lowest BCUT2D eigenvalue weighted by atomic mass is 10.2. The number of likely N-dealkylation sites (tertiary alicyclic amines) is 1. The largest absolute Gasteiger partial charge is 0.391 e. The topological polar surface area (TPSA) is 66.3 Å². The van der Waals surface area contributed by atoms with Gasteiger partial charge in [-0.25, -0.2) is 0 Å². The number of β-amino-alcohol motifs (C(OH)–C–C–N with tert-alkyl or cyclic N) is 1. The molecule has 2 aromatic heterocycles. The first-order valence-electron chi connectivity index (χ1n) is 6.02. The van der Waals surface area contributed by atoms with E-state index in [1.807, 2.05) is 0 Å². The van der Waals surface area contributed by atoms with E-state index in [0.717, 1.165) is 15.4 Å². The van der Waals surface area contributed by atoms with Gasteiger partial charge in [-0.05, 0) is 28.4 Å². The molecule has 6 heteroatoms.